The van der Waals surface area contributed by atoms with Crippen LogP contribution in [0.5, 0.6) is 0 Å². The number of hydrogen-bond donors (Lipinski definition) is 1. The lowest BCUT2D eigenvalue weighted by Gasteiger charge is -2.19. The SMILES string of the molecule is Fc1ccc(C(NCc2nc(Cc3ccccc3)no2)c2ccccc2)cc1. The van der Waals surface area contributed by atoms with Crippen molar-refractivity contribution in [3.05, 3.63) is 119 Å². The number of hydrogen-bond acceptors (Lipinski definition) is 4. The van der Waals surface area contributed by atoms with Crippen LogP contribution in [0.15, 0.2) is 89.5 Å². The summed E-state index contributed by atoms with van der Waals surface area (Å²) in [6.07, 6.45) is 0.629. The molecule has 1 unspecified atom stereocenters. The molecular weight excluding hydrogens is 353 g/mol. The molecule has 0 spiro atoms. The van der Waals surface area contributed by atoms with Gasteiger partial charge in [-0.2, -0.15) is 4.98 Å². The Morgan fingerprint density at radius 2 is 1.46 bits per heavy atom. The first-order chi connectivity index (χ1) is 13.8. The highest BCUT2D eigenvalue weighted by molar-refractivity contribution is 5.31. The van der Waals surface area contributed by atoms with Crippen molar-refractivity contribution in [2.24, 2.45) is 0 Å². The largest absolute Gasteiger partial charge is 0.338 e. The maximum Gasteiger partial charge on any atom is 0.240 e. The molecule has 140 valence electrons. The van der Waals surface area contributed by atoms with Crippen molar-refractivity contribution in [1.29, 1.82) is 0 Å². The lowest BCUT2D eigenvalue weighted by atomic mass is 9.98. The van der Waals surface area contributed by atoms with Gasteiger partial charge in [-0.1, -0.05) is 78.0 Å². The standard InChI is InChI=1S/C23H20FN3O/c24-20-13-11-19(12-14-20)23(18-9-5-2-6-10-18)25-16-22-26-21(27-28-22)15-17-7-3-1-4-8-17/h1-14,23,25H,15-16H2. The fraction of sp³-hybridized carbons (Fsp3) is 0.130. The number of nitrogens with one attached hydrogen (secondary N) is 1. The molecule has 0 aliphatic heterocycles. The highest BCUT2D eigenvalue weighted by atomic mass is 19.1. The highest BCUT2D eigenvalue weighted by Crippen LogP contribution is 2.22. The molecule has 0 aliphatic rings. The third-order valence-corrected chi connectivity index (χ3v) is 4.51. The predicted molar refractivity (Wildman–Crippen MR) is 105 cm³/mol. The maximum atomic E-state index is 13.3. The van der Waals surface area contributed by atoms with Gasteiger partial charge in [0.15, 0.2) is 5.82 Å². The van der Waals surface area contributed by atoms with Crippen LogP contribution < -0.4 is 5.32 Å². The Bertz CT molecular complexity index is 1000. The monoisotopic (exact) mass is 373 g/mol. The number of aromatic nitrogens is 2. The first kappa shape index (κ1) is 18.1. The fourth-order valence-corrected chi connectivity index (χ4v) is 3.13. The molecule has 4 aromatic rings. The molecule has 0 amide bonds. The van der Waals surface area contributed by atoms with E-state index in [0.717, 1.165) is 16.7 Å². The number of nitrogens with zero attached hydrogens (tertiary/aromatic N) is 2. The van der Waals surface area contributed by atoms with Crippen molar-refractivity contribution in [3.63, 3.8) is 0 Å². The number of benzene rings is 3. The van der Waals surface area contributed by atoms with E-state index in [1.54, 1.807) is 12.1 Å². The van der Waals surface area contributed by atoms with Crippen molar-refractivity contribution < 1.29 is 8.91 Å². The van der Waals surface area contributed by atoms with E-state index >= 15 is 0 Å². The Morgan fingerprint density at radius 3 is 2.18 bits per heavy atom. The second kappa shape index (κ2) is 8.59. The van der Waals surface area contributed by atoms with Crippen LogP contribution in [0.3, 0.4) is 0 Å². The van der Waals surface area contributed by atoms with Gasteiger partial charge in [0.05, 0.1) is 12.6 Å². The number of rotatable bonds is 7. The van der Waals surface area contributed by atoms with E-state index in [1.807, 2.05) is 60.7 Å². The van der Waals surface area contributed by atoms with Crippen molar-refractivity contribution >= 4 is 0 Å². The molecule has 1 heterocycles. The second-order valence-electron chi connectivity index (χ2n) is 6.54. The molecule has 0 saturated heterocycles. The minimum absolute atomic E-state index is 0.105. The normalized spacial score (nSPS) is 12.0. The van der Waals surface area contributed by atoms with Crippen LogP contribution in [-0.2, 0) is 13.0 Å². The van der Waals surface area contributed by atoms with Gasteiger partial charge in [-0.15, -0.1) is 0 Å². The molecule has 4 nitrogen and oxygen atoms in total. The fourth-order valence-electron chi connectivity index (χ4n) is 3.13. The molecule has 1 atom stereocenters. The van der Waals surface area contributed by atoms with E-state index in [2.05, 4.69) is 15.5 Å². The summed E-state index contributed by atoms with van der Waals surface area (Å²) < 4.78 is 18.7. The summed E-state index contributed by atoms with van der Waals surface area (Å²) in [4.78, 5) is 4.48. The number of halogens is 1. The van der Waals surface area contributed by atoms with Crippen LogP contribution in [0.2, 0.25) is 0 Å². The zero-order valence-electron chi connectivity index (χ0n) is 15.3. The summed E-state index contributed by atoms with van der Waals surface area (Å²) in [6.45, 7) is 0.415. The first-order valence-electron chi connectivity index (χ1n) is 9.17. The van der Waals surface area contributed by atoms with Gasteiger partial charge in [-0.3, -0.25) is 5.32 Å². The first-order valence-corrected chi connectivity index (χ1v) is 9.17. The average Bonchev–Trinajstić information content (AvgIpc) is 3.18. The summed E-state index contributed by atoms with van der Waals surface area (Å²) in [5.74, 6) is 0.924. The molecular formula is C23H20FN3O. The highest BCUT2D eigenvalue weighted by Gasteiger charge is 2.15. The minimum atomic E-state index is -0.252. The summed E-state index contributed by atoms with van der Waals surface area (Å²) in [5, 5.41) is 7.52. The molecule has 1 N–H and O–H groups in total. The smallest absolute Gasteiger partial charge is 0.240 e. The van der Waals surface area contributed by atoms with Gasteiger partial charge < -0.3 is 4.52 Å². The summed E-state index contributed by atoms with van der Waals surface area (Å²) in [5.41, 5.74) is 3.19. The van der Waals surface area contributed by atoms with Crippen LogP contribution >= 0.6 is 0 Å². The van der Waals surface area contributed by atoms with E-state index < -0.39 is 0 Å². The Morgan fingerprint density at radius 1 is 0.821 bits per heavy atom. The van der Waals surface area contributed by atoms with Gasteiger partial charge in [0, 0.05) is 6.42 Å². The molecule has 0 aliphatic carbocycles. The Kier molecular flexibility index (Phi) is 5.54. The molecule has 1 aromatic heterocycles. The minimum Gasteiger partial charge on any atom is -0.338 e. The maximum absolute atomic E-state index is 13.3. The lowest BCUT2D eigenvalue weighted by Crippen LogP contribution is -2.22. The molecule has 0 fully saturated rings. The van der Waals surface area contributed by atoms with Gasteiger partial charge in [0.2, 0.25) is 5.89 Å². The van der Waals surface area contributed by atoms with Crippen LogP contribution in [0, 0.1) is 5.82 Å². The molecule has 0 bridgehead atoms. The van der Waals surface area contributed by atoms with Crippen molar-refractivity contribution in [1.82, 2.24) is 15.5 Å². The van der Waals surface area contributed by atoms with E-state index in [1.165, 1.54) is 12.1 Å². The summed E-state index contributed by atoms with van der Waals surface area (Å²) in [7, 11) is 0. The Labute approximate surface area is 163 Å². The van der Waals surface area contributed by atoms with Gasteiger partial charge >= 0.3 is 0 Å². The van der Waals surface area contributed by atoms with Crippen molar-refractivity contribution in [2.75, 3.05) is 0 Å². The molecule has 0 saturated carbocycles. The zero-order valence-corrected chi connectivity index (χ0v) is 15.3. The molecule has 3 aromatic carbocycles. The lowest BCUT2D eigenvalue weighted by molar-refractivity contribution is 0.359. The molecule has 28 heavy (non-hydrogen) atoms. The van der Waals surface area contributed by atoms with Gasteiger partial charge in [0.25, 0.3) is 0 Å². The molecule has 0 radical (unpaired) electrons. The third kappa shape index (κ3) is 4.50. The van der Waals surface area contributed by atoms with Crippen molar-refractivity contribution in [3.8, 4) is 0 Å². The molecule has 4 rings (SSSR count). The summed E-state index contributed by atoms with van der Waals surface area (Å²) >= 11 is 0. The van der Waals surface area contributed by atoms with Crippen molar-refractivity contribution in [2.45, 2.75) is 19.0 Å². The predicted octanol–water partition coefficient (Wildman–Crippen LogP) is 4.68. The zero-order chi connectivity index (χ0) is 19.2. The van der Waals surface area contributed by atoms with Crippen LogP contribution in [0.1, 0.15) is 34.4 Å². The molecule has 5 heteroatoms. The second-order valence-corrected chi connectivity index (χ2v) is 6.54. The topological polar surface area (TPSA) is 51.0 Å². The van der Waals surface area contributed by atoms with E-state index in [-0.39, 0.29) is 11.9 Å². The van der Waals surface area contributed by atoms with E-state index in [0.29, 0.717) is 24.7 Å². The van der Waals surface area contributed by atoms with E-state index in [9.17, 15) is 4.39 Å². The quantitative estimate of drug-likeness (QED) is 0.511. The van der Waals surface area contributed by atoms with Crippen LogP contribution in [0.4, 0.5) is 4.39 Å². The summed E-state index contributed by atoms with van der Waals surface area (Å²) in [6, 6.07) is 26.5. The van der Waals surface area contributed by atoms with Crippen LogP contribution in [-0.4, -0.2) is 10.1 Å². The van der Waals surface area contributed by atoms with Gasteiger partial charge in [-0.25, -0.2) is 4.39 Å². The Balaban J connectivity index is 1.48. The van der Waals surface area contributed by atoms with Gasteiger partial charge in [0.1, 0.15) is 5.82 Å². The third-order valence-electron chi connectivity index (χ3n) is 4.51. The Hall–Kier alpha value is -3.31. The van der Waals surface area contributed by atoms with E-state index in [4.69, 9.17) is 4.52 Å². The van der Waals surface area contributed by atoms with Gasteiger partial charge in [-0.05, 0) is 28.8 Å². The van der Waals surface area contributed by atoms with Crippen LogP contribution in [0.25, 0.3) is 0 Å². The average molecular weight is 373 g/mol.